The first-order valence-corrected chi connectivity index (χ1v) is 13.3. The Balaban J connectivity index is 1.40. The predicted octanol–water partition coefficient (Wildman–Crippen LogP) is 3.29. The average Bonchev–Trinajstić information content (AvgIpc) is 3.58. The molecule has 10 heteroatoms. The minimum Gasteiger partial charge on any atom is -0.368 e. The molecule has 0 spiro atoms. The van der Waals surface area contributed by atoms with Gasteiger partial charge in [-0.25, -0.2) is 0 Å². The van der Waals surface area contributed by atoms with Gasteiger partial charge in [-0.2, -0.15) is 5.10 Å². The van der Waals surface area contributed by atoms with Crippen molar-refractivity contribution in [2.75, 3.05) is 6.54 Å². The maximum atomic E-state index is 13.3. The summed E-state index contributed by atoms with van der Waals surface area (Å²) in [6.07, 6.45) is 7.94. The fourth-order valence-corrected chi connectivity index (χ4v) is 6.12. The number of amides is 2. The van der Waals surface area contributed by atoms with E-state index < -0.39 is 0 Å². The van der Waals surface area contributed by atoms with E-state index in [1.54, 1.807) is 12.3 Å². The number of nitrogens with one attached hydrogen (secondary N) is 2. The number of likely N-dealkylation sites (tertiary alicyclic amines) is 1. The zero-order valence-corrected chi connectivity index (χ0v) is 21.9. The van der Waals surface area contributed by atoms with E-state index in [4.69, 9.17) is 5.73 Å². The molecule has 2 amide bonds. The van der Waals surface area contributed by atoms with E-state index in [0.717, 1.165) is 58.9 Å². The largest absolute Gasteiger partial charge is 0.368 e. The van der Waals surface area contributed by atoms with Crippen molar-refractivity contribution in [3.63, 3.8) is 0 Å². The number of aromatic nitrogens is 3. The Morgan fingerprint density at radius 2 is 1.97 bits per heavy atom. The van der Waals surface area contributed by atoms with Crippen LogP contribution in [0.3, 0.4) is 0 Å². The highest BCUT2D eigenvalue weighted by Crippen LogP contribution is 2.33. The molecule has 3 aromatic rings. The molecule has 1 aliphatic carbocycles. The van der Waals surface area contributed by atoms with Gasteiger partial charge in [-0.1, -0.05) is 28.8 Å². The molecule has 2 fully saturated rings. The summed E-state index contributed by atoms with van der Waals surface area (Å²) in [5, 5.41) is 8.35. The molecule has 3 heterocycles. The highest BCUT2D eigenvalue weighted by atomic mass is 79.9. The van der Waals surface area contributed by atoms with Gasteiger partial charge in [0.2, 0.25) is 5.91 Å². The van der Waals surface area contributed by atoms with Crippen LogP contribution in [0.1, 0.15) is 71.7 Å². The van der Waals surface area contributed by atoms with Crippen molar-refractivity contribution in [3.8, 4) is 0 Å². The second kappa shape index (κ2) is 10.2. The topological polar surface area (TPSA) is 126 Å². The lowest BCUT2D eigenvalue weighted by Crippen LogP contribution is -2.40. The second-order valence-electron chi connectivity index (χ2n) is 9.91. The first kappa shape index (κ1) is 24.7. The Kier molecular flexibility index (Phi) is 6.98. The number of aromatic amines is 1. The number of primary amides is 1. The van der Waals surface area contributed by atoms with Gasteiger partial charge in [0.15, 0.2) is 0 Å². The van der Waals surface area contributed by atoms with Gasteiger partial charge < -0.3 is 16.0 Å². The molecule has 9 nitrogen and oxygen atoms in total. The molecule has 0 radical (unpaired) electrons. The molecule has 4 N–H and O–H groups in total. The summed E-state index contributed by atoms with van der Waals surface area (Å²) in [5.74, 6) is -0.616. The fourth-order valence-electron chi connectivity index (χ4n) is 5.68. The quantitative estimate of drug-likeness (QED) is 0.413. The monoisotopic (exact) mass is 554 g/mol. The summed E-state index contributed by atoms with van der Waals surface area (Å²) in [6, 6.07) is 5.73. The van der Waals surface area contributed by atoms with Crippen LogP contribution in [0.5, 0.6) is 0 Å². The number of nitrogens with zero attached hydrogens (tertiary/aromatic N) is 3. The van der Waals surface area contributed by atoms with Gasteiger partial charge in [0.25, 0.3) is 11.5 Å². The standard InChI is InChI=1S/C26H31BrN6O3/c1-15-9-16(14-32-8-4-7-22(32)24(28)34)20(26(36)31-15)12-29-25(35)19-10-17(27)11-23-21(19)13-30-33(23)18-5-2-3-6-18/h9-11,13,18,22H,2-8,12,14H2,1H3,(H2,28,34)(H,29,35)(H,31,36). The molecule has 5 rings (SSSR count). The van der Waals surface area contributed by atoms with Crippen LogP contribution in [0, 0.1) is 6.92 Å². The van der Waals surface area contributed by atoms with Gasteiger partial charge in [-0.15, -0.1) is 0 Å². The summed E-state index contributed by atoms with van der Waals surface area (Å²) in [5.41, 5.74) is 8.79. The normalized spacial score (nSPS) is 18.8. The van der Waals surface area contributed by atoms with Crippen molar-refractivity contribution < 1.29 is 9.59 Å². The van der Waals surface area contributed by atoms with E-state index in [0.29, 0.717) is 23.7 Å². The van der Waals surface area contributed by atoms with Gasteiger partial charge in [0.1, 0.15) is 0 Å². The lowest BCUT2D eigenvalue weighted by atomic mass is 10.1. The van der Waals surface area contributed by atoms with Gasteiger partial charge >= 0.3 is 0 Å². The number of aryl methyl sites for hydroxylation is 1. The minimum atomic E-state index is -0.347. The van der Waals surface area contributed by atoms with Crippen LogP contribution < -0.4 is 16.6 Å². The summed E-state index contributed by atoms with van der Waals surface area (Å²) in [7, 11) is 0. The van der Waals surface area contributed by atoms with Crippen molar-refractivity contribution in [2.24, 2.45) is 5.73 Å². The van der Waals surface area contributed by atoms with Crippen molar-refractivity contribution in [2.45, 2.75) is 70.6 Å². The van der Waals surface area contributed by atoms with Crippen molar-refractivity contribution in [1.29, 1.82) is 0 Å². The van der Waals surface area contributed by atoms with Gasteiger partial charge in [0, 0.05) is 34.2 Å². The Morgan fingerprint density at radius 1 is 1.19 bits per heavy atom. The fraction of sp³-hybridized carbons (Fsp3) is 0.462. The molecular weight excluding hydrogens is 524 g/mol. The van der Waals surface area contributed by atoms with Gasteiger partial charge in [-0.05, 0) is 62.9 Å². The molecule has 1 aliphatic heterocycles. The third-order valence-electron chi connectivity index (χ3n) is 7.45. The molecule has 36 heavy (non-hydrogen) atoms. The Hall–Kier alpha value is -2.98. The smallest absolute Gasteiger partial charge is 0.253 e. The summed E-state index contributed by atoms with van der Waals surface area (Å²) in [4.78, 5) is 42.9. The van der Waals surface area contributed by atoms with E-state index in [1.165, 1.54) is 12.8 Å². The Bertz CT molecular complexity index is 1370. The minimum absolute atomic E-state index is 0.0730. The number of carbonyl (C=O) groups is 2. The molecule has 0 bridgehead atoms. The molecule has 1 unspecified atom stereocenters. The van der Waals surface area contributed by atoms with Crippen LogP contribution >= 0.6 is 15.9 Å². The molecule has 1 aromatic carbocycles. The first-order valence-electron chi connectivity index (χ1n) is 12.5. The number of fused-ring (bicyclic) bond motifs is 1. The van der Waals surface area contributed by atoms with E-state index >= 15 is 0 Å². The second-order valence-corrected chi connectivity index (χ2v) is 10.8. The number of benzene rings is 1. The zero-order chi connectivity index (χ0) is 25.4. The maximum Gasteiger partial charge on any atom is 0.253 e. The van der Waals surface area contributed by atoms with E-state index in [-0.39, 0.29) is 30.0 Å². The summed E-state index contributed by atoms with van der Waals surface area (Å²) >= 11 is 3.55. The van der Waals surface area contributed by atoms with Crippen LogP contribution in [0.15, 0.2) is 33.7 Å². The highest BCUT2D eigenvalue weighted by Gasteiger charge is 2.30. The van der Waals surface area contributed by atoms with Crippen LogP contribution in [0.2, 0.25) is 0 Å². The number of hydrogen-bond donors (Lipinski definition) is 3. The third-order valence-corrected chi connectivity index (χ3v) is 7.91. The van der Waals surface area contributed by atoms with Crippen LogP contribution in [0.4, 0.5) is 0 Å². The van der Waals surface area contributed by atoms with Crippen molar-refractivity contribution in [3.05, 3.63) is 61.6 Å². The van der Waals surface area contributed by atoms with Crippen LogP contribution in [-0.4, -0.2) is 44.1 Å². The SMILES string of the molecule is Cc1cc(CN2CCCC2C(N)=O)c(CNC(=O)c2cc(Br)cc3c2cnn3C2CCCC2)c(=O)[nH]1. The van der Waals surface area contributed by atoms with E-state index in [2.05, 4.69) is 31.3 Å². The number of nitrogens with two attached hydrogens (primary N) is 1. The Morgan fingerprint density at radius 3 is 2.72 bits per heavy atom. The molecule has 2 aliphatic rings. The van der Waals surface area contributed by atoms with E-state index in [9.17, 15) is 14.4 Å². The number of pyridine rings is 1. The lowest BCUT2D eigenvalue weighted by molar-refractivity contribution is -0.122. The van der Waals surface area contributed by atoms with Crippen LogP contribution in [-0.2, 0) is 17.9 Å². The third kappa shape index (κ3) is 4.84. The first-order chi connectivity index (χ1) is 17.3. The number of H-pyrrole nitrogens is 1. The van der Waals surface area contributed by atoms with Gasteiger partial charge in [0.05, 0.1) is 29.4 Å². The molecule has 1 saturated carbocycles. The average molecular weight is 555 g/mol. The summed E-state index contributed by atoms with van der Waals surface area (Å²) in [6.45, 7) is 3.07. The highest BCUT2D eigenvalue weighted by molar-refractivity contribution is 9.10. The molecular formula is C26H31BrN6O3. The number of carbonyl (C=O) groups excluding carboxylic acids is 2. The molecule has 2 aromatic heterocycles. The van der Waals surface area contributed by atoms with Crippen molar-refractivity contribution in [1.82, 2.24) is 25.0 Å². The predicted molar refractivity (Wildman–Crippen MR) is 141 cm³/mol. The van der Waals surface area contributed by atoms with Crippen LogP contribution in [0.25, 0.3) is 10.9 Å². The maximum absolute atomic E-state index is 13.3. The zero-order valence-electron chi connectivity index (χ0n) is 20.3. The van der Waals surface area contributed by atoms with E-state index in [1.807, 2.05) is 28.6 Å². The number of rotatable bonds is 7. The van der Waals surface area contributed by atoms with Gasteiger partial charge in [-0.3, -0.25) is 24.0 Å². The number of hydrogen-bond acceptors (Lipinski definition) is 5. The molecule has 1 atom stereocenters. The lowest BCUT2D eigenvalue weighted by Gasteiger charge is -2.23. The number of halogens is 1. The molecule has 190 valence electrons. The summed E-state index contributed by atoms with van der Waals surface area (Å²) < 4.78 is 2.85. The van der Waals surface area contributed by atoms with Crippen molar-refractivity contribution >= 4 is 38.6 Å². The Labute approximate surface area is 217 Å². The molecule has 1 saturated heterocycles.